The topological polar surface area (TPSA) is 239 Å². The fourth-order valence-electron chi connectivity index (χ4n) is 4.38. The van der Waals surface area contributed by atoms with Crippen molar-refractivity contribution < 1.29 is 60.9 Å². The summed E-state index contributed by atoms with van der Waals surface area (Å²) in [4.78, 5) is 90.5. The number of sulfone groups is 1. The van der Waals surface area contributed by atoms with Crippen LogP contribution in [0.1, 0.15) is 93.6 Å². The number of rotatable bonds is 18. The molecule has 0 aliphatic carbocycles. The Kier molecular flexibility index (Phi) is 18.5. The van der Waals surface area contributed by atoms with E-state index in [2.05, 4.69) is 21.3 Å². The van der Waals surface area contributed by atoms with Crippen molar-refractivity contribution in [3.8, 4) is 0 Å². The number of carbonyl (C=O) groups is 7. The van der Waals surface area contributed by atoms with Crippen LogP contribution < -0.4 is 21.3 Å². The second-order valence-electron chi connectivity index (χ2n) is 15.6. The Morgan fingerprint density at radius 3 is 1.75 bits per heavy atom. The molecule has 0 bridgehead atoms. The first-order valence-electron chi connectivity index (χ1n) is 17.5. The van der Waals surface area contributed by atoms with Gasteiger partial charge in [0.1, 0.15) is 35.5 Å². The molecule has 55 heavy (non-hydrogen) atoms. The van der Waals surface area contributed by atoms with Crippen LogP contribution in [0.5, 0.6) is 0 Å². The average Bonchev–Trinajstić information content (AvgIpc) is 3.00. The van der Waals surface area contributed by atoms with Gasteiger partial charge < -0.3 is 40.2 Å². The summed E-state index contributed by atoms with van der Waals surface area (Å²) in [7, 11) is -3.64. The van der Waals surface area contributed by atoms with E-state index in [1.807, 2.05) is 0 Å². The Balaban J connectivity index is 3.23. The van der Waals surface area contributed by atoms with Crippen molar-refractivity contribution in [3.05, 3.63) is 47.4 Å². The highest BCUT2D eigenvalue weighted by atomic mass is 32.2. The van der Waals surface area contributed by atoms with Gasteiger partial charge in [-0.1, -0.05) is 36.4 Å². The highest BCUT2D eigenvalue weighted by molar-refractivity contribution is 7.93. The third kappa shape index (κ3) is 24.1. The molecule has 0 heterocycles. The second-order valence-corrected chi connectivity index (χ2v) is 17.5. The number of esters is 3. The van der Waals surface area contributed by atoms with Crippen molar-refractivity contribution in [2.24, 2.45) is 0 Å². The molecule has 0 saturated heterocycles. The predicted octanol–water partition coefficient (Wildman–Crippen LogP) is 2.51. The van der Waals surface area contributed by atoms with Gasteiger partial charge in [-0.15, -0.1) is 0 Å². The molecular weight excluding hydrogens is 740 g/mol. The number of nitrogens with one attached hydrogen (secondary N) is 4. The normalized spacial score (nSPS) is 13.7. The van der Waals surface area contributed by atoms with E-state index in [0.717, 1.165) is 17.7 Å². The van der Waals surface area contributed by atoms with Crippen LogP contribution in [-0.2, 0) is 64.2 Å². The number of alkyl carbamates (subject to hydrolysis) is 1. The second kappa shape index (κ2) is 21.2. The quantitative estimate of drug-likeness (QED) is 0.124. The zero-order chi connectivity index (χ0) is 42.2. The summed E-state index contributed by atoms with van der Waals surface area (Å²) in [6.45, 7) is 13.8. The smallest absolute Gasteiger partial charge is 0.408 e. The Morgan fingerprint density at radius 1 is 0.691 bits per heavy atom. The SMILES string of the molecule is CC(C)(C)OC(=O)CCC(NC(=O)[C@H](CC(=O)OC(C)(C)C)NC(=O)OCc1ccccc1)C(=O)NCC(=O)NC(/C=C/S(C)(=O)=O)CC(=O)OC(C)(C)C. The molecule has 18 heteroatoms. The Bertz CT molecular complexity index is 1640. The maximum absolute atomic E-state index is 13.6. The lowest BCUT2D eigenvalue weighted by Crippen LogP contribution is -2.55. The van der Waals surface area contributed by atoms with Gasteiger partial charge in [0, 0.05) is 18.1 Å². The molecule has 0 fully saturated rings. The van der Waals surface area contributed by atoms with Crippen LogP contribution in [0, 0.1) is 0 Å². The summed E-state index contributed by atoms with van der Waals surface area (Å²) >= 11 is 0. The molecule has 4 N–H and O–H groups in total. The van der Waals surface area contributed by atoms with Gasteiger partial charge in [-0.05, 0) is 74.3 Å². The molecule has 1 aromatic carbocycles. The first-order chi connectivity index (χ1) is 25.1. The third-order valence-corrected chi connectivity index (χ3v) is 7.09. The van der Waals surface area contributed by atoms with E-state index < -0.39 is 106 Å². The van der Waals surface area contributed by atoms with Gasteiger partial charge in [-0.2, -0.15) is 0 Å². The fourth-order valence-corrected chi connectivity index (χ4v) is 4.85. The van der Waals surface area contributed by atoms with E-state index >= 15 is 0 Å². The number of hydrogen-bond acceptors (Lipinski definition) is 13. The first-order valence-corrected chi connectivity index (χ1v) is 19.4. The van der Waals surface area contributed by atoms with Crippen molar-refractivity contribution in [2.75, 3.05) is 12.8 Å². The highest BCUT2D eigenvalue weighted by Crippen LogP contribution is 2.13. The summed E-state index contributed by atoms with van der Waals surface area (Å²) in [6.07, 6.45) is -0.827. The molecule has 0 radical (unpaired) electrons. The molecule has 1 rings (SSSR count). The Labute approximate surface area is 322 Å². The van der Waals surface area contributed by atoms with E-state index in [1.54, 1.807) is 92.6 Å². The maximum Gasteiger partial charge on any atom is 0.408 e. The lowest BCUT2D eigenvalue weighted by Gasteiger charge is -2.25. The van der Waals surface area contributed by atoms with Gasteiger partial charge >= 0.3 is 24.0 Å². The van der Waals surface area contributed by atoms with E-state index in [9.17, 15) is 42.0 Å². The minimum atomic E-state index is -3.64. The number of benzene rings is 1. The molecule has 17 nitrogen and oxygen atoms in total. The molecule has 0 spiro atoms. The van der Waals surface area contributed by atoms with E-state index in [0.29, 0.717) is 5.56 Å². The standard InChI is InChI=1S/C37H56N4O13S/c1-35(2,3)52-29(43)17-16-26(32(46)38-22-28(42)39-25(18-19-55(10,49)50)20-30(44)53-36(4,5)6)40-33(47)27(21-31(45)54-37(7,8)9)41-34(48)51-23-24-14-12-11-13-15-24/h11-15,18-19,25-27H,16-17,20-23H2,1-10H3,(H,38,46)(H,39,42)(H,40,47)(H,41,48)/b19-18+/t25?,26?,27-/m0/s1. The van der Waals surface area contributed by atoms with Crippen molar-refractivity contribution in [1.29, 1.82) is 0 Å². The van der Waals surface area contributed by atoms with Crippen molar-refractivity contribution >= 4 is 51.6 Å². The molecule has 3 atom stereocenters. The van der Waals surface area contributed by atoms with Crippen molar-refractivity contribution in [2.45, 2.75) is 130 Å². The van der Waals surface area contributed by atoms with Crippen LogP contribution in [-0.4, -0.2) is 97.9 Å². The lowest BCUT2D eigenvalue weighted by molar-refractivity contribution is -0.157. The highest BCUT2D eigenvalue weighted by Gasteiger charge is 2.32. The lowest BCUT2D eigenvalue weighted by atomic mass is 10.1. The number of ether oxygens (including phenoxy) is 4. The molecular formula is C37H56N4O13S. The van der Waals surface area contributed by atoms with Crippen molar-refractivity contribution in [3.63, 3.8) is 0 Å². The summed E-state index contributed by atoms with van der Waals surface area (Å²) in [5, 5.41) is 10.3. The predicted molar refractivity (Wildman–Crippen MR) is 200 cm³/mol. The van der Waals surface area contributed by atoms with Crippen LogP contribution in [0.4, 0.5) is 4.79 Å². The minimum Gasteiger partial charge on any atom is -0.460 e. The maximum atomic E-state index is 13.6. The van der Waals surface area contributed by atoms with Crippen molar-refractivity contribution in [1.82, 2.24) is 21.3 Å². The van der Waals surface area contributed by atoms with Gasteiger partial charge in [0.2, 0.25) is 17.7 Å². The molecule has 4 amide bonds. The van der Waals surface area contributed by atoms with E-state index in [-0.39, 0.29) is 19.4 Å². The Hall–Kier alpha value is -5.00. The number of carbonyl (C=O) groups excluding carboxylic acids is 7. The average molecular weight is 797 g/mol. The van der Waals surface area contributed by atoms with Crippen LogP contribution in [0.25, 0.3) is 0 Å². The van der Waals surface area contributed by atoms with E-state index in [4.69, 9.17) is 18.9 Å². The number of amides is 4. The summed E-state index contributed by atoms with van der Waals surface area (Å²) in [5.74, 6) is -5.09. The van der Waals surface area contributed by atoms with Gasteiger partial charge in [0.15, 0.2) is 9.84 Å². The molecule has 1 aromatic rings. The van der Waals surface area contributed by atoms with Gasteiger partial charge in [-0.25, -0.2) is 13.2 Å². The molecule has 2 unspecified atom stereocenters. The van der Waals surface area contributed by atoms with Crippen LogP contribution in [0.2, 0.25) is 0 Å². The monoisotopic (exact) mass is 796 g/mol. The van der Waals surface area contributed by atoms with Crippen LogP contribution in [0.3, 0.4) is 0 Å². The summed E-state index contributed by atoms with van der Waals surface area (Å²) < 4.78 is 44.6. The third-order valence-electron chi connectivity index (χ3n) is 6.44. The summed E-state index contributed by atoms with van der Waals surface area (Å²) in [5.41, 5.74) is -2.01. The van der Waals surface area contributed by atoms with E-state index in [1.165, 1.54) is 0 Å². The largest absolute Gasteiger partial charge is 0.460 e. The molecule has 0 aliphatic heterocycles. The molecule has 308 valence electrons. The molecule has 0 saturated carbocycles. The molecule has 0 aliphatic rings. The zero-order valence-corrected chi connectivity index (χ0v) is 34.0. The fraction of sp³-hybridized carbons (Fsp3) is 0.595. The first kappa shape index (κ1) is 48.0. The Morgan fingerprint density at radius 2 is 1.22 bits per heavy atom. The van der Waals surface area contributed by atoms with Gasteiger partial charge in [0.25, 0.3) is 0 Å². The number of hydrogen-bond donors (Lipinski definition) is 4. The zero-order valence-electron chi connectivity index (χ0n) is 33.2. The van der Waals surface area contributed by atoms with Crippen LogP contribution >= 0.6 is 0 Å². The van der Waals surface area contributed by atoms with Crippen LogP contribution in [0.15, 0.2) is 41.8 Å². The van der Waals surface area contributed by atoms with Gasteiger partial charge in [0.05, 0.1) is 25.4 Å². The van der Waals surface area contributed by atoms with Gasteiger partial charge in [-0.3, -0.25) is 28.8 Å². The minimum absolute atomic E-state index is 0.154. The summed E-state index contributed by atoms with van der Waals surface area (Å²) in [6, 6.07) is 4.42. The molecule has 0 aromatic heterocycles.